The Balaban J connectivity index is 1.28. The van der Waals surface area contributed by atoms with Crippen molar-refractivity contribution in [2.45, 2.75) is 19.1 Å². The zero-order chi connectivity index (χ0) is 24.1. The fourth-order valence-electron chi connectivity index (χ4n) is 4.55. The molecular formula is C27H22N8O. The van der Waals surface area contributed by atoms with Gasteiger partial charge in [-0.15, -0.1) is 0 Å². The van der Waals surface area contributed by atoms with Gasteiger partial charge in [-0.25, -0.2) is 0 Å². The number of pyridine rings is 4. The second kappa shape index (κ2) is 8.24. The van der Waals surface area contributed by atoms with E-state index in [0.717, 1.165) is 74.2 Å². The topological polar surface area (TPSA) is 128 Å². The van der Waals surface area contributed by atoms with Crippen molar-refractivity contribution < 1.29 is 5.11 Å². The van der Waals surface area contributed by atoms with Gasteiger partial charge in [0.1, 0.15) is 11.9 Å². The highest BCUT2D eigenvalue weighted by Crippen LogP contribution is 2.35. The summed E-state index contributed by atoms with van der Waals surface area (Å²) in [4.78, 5) is 21.3. The van der Waals surface area contributed by atoms with Crippen LogP contribution in [-0.2, 0) is 0 Å². The molecule has 1 fully saturated rings. The highest BCUT2D eigenvalue weighted by Gasteiger charge is 2.29. The number of hydrogen-bond donors (Lipinski definition) is 4. The molecule has 36 heavy (non-hydrogen) atoms. The molecule has 0 bridgehead atoms. The van der Waals surface area contributed by atoms with Gasteiger partial charge in [0.2, 0.25) is 0 Å². The van der Waals surface area contributed by atoms with Crippen molar-refractivity contribution >= 4 is 27.5 Å². The van der Waals surface area contributed by atoms with E-state index in [1.54, 1.807) is 31.0 Å². The van der Waals surface area contributed by atoms with Crippen molar-refractivity contribution in [2.75, 3.05) is 5.32 Å². The number of H-pyrrole nitrogens is 2. The number of nitrogens with one attached hydrogen (secondary N) is 3. The zero-order valence-electron chi connectivity index (χ0n) is 19.2. The van der Waals surface area contributed by atoms with Crippen molar-refractivity contribution in [3.8, 4) is 33.9 Å². The molecule has 1 aliphatic rings. The minimum Gasteiger partial charge on any atom is -0.374 e. The van der Waals surface area contributed by atoms with Crippen LogP contribution in [0, 0.1) is 5.92 Å². The molecule has 1 atom stereocenters. The van der Waals surface area contributed by atoms with Crippen LogP contribution in [0.5, 0.6) is 0 Å². The van der Waals surface area contributed by atoms with Gasteiger partial charge >= 0.3 is 0 Å². The SMILES string of the molecule is OC(Nc1cncc(-c2cc3c(-c4cc5c(-c6cccnc6)nccc5[nH]4)n[nH]c3cn2)c1)C1CC1. The molecule has 6 aromatic rings. The molecule has 0 aliphatic heterocycles. The van der Waals surface area contributed by atoms with Crippen molar-refractivity contribution in [1.29, 1.82) is 0 Å². The van der Waals surface area contributed by atoms with Crippen molar-refractivity contribution in [3.63, 3.8) is 0 Å². The van der Waals surface area contributed by atoms with E-state index in [-0.39, 0.29) is 0 Å². The number of fused-ring (bicyclic) bond motifs is 2. The fraction of sp³-hybridized carbons (Fsp3) is 0.148. The molecule has 0 radical (unpaired) electrons. The lowest BCUT2D eigenvalue weighted by atomic mass is 10.1. The number of anilines is 1. The van der Waals surface area contributed by atoms with E-state index in [4.69, 9.17) is 0 Å². The lowest BCUT2D eigenvalue weighted by Gasteiger charge is -2.13. The number of aromatic amines is 2. The lowest BCUT2D eigenvalue weighted by Crippen LogP contribution is -2.20. The summed E-state index contributed by atoms with van der Waals surface area (Å²) in [6, 6.07) is 11.9. The fourth-order valence-corrected chi connectivity index (χ4v) is 4.55. The van der Waals surface area contributed by atoms with Gasteiger partial charge in [0, 0.05) is 58.1 Å². The van der Waals surface area contributed by atoms with Crippen LogP contribution in [0.1, 0.15) is 12.8 Å². The molecule has 0 saturated heterocycles. The predicted molar refractivity (Wildman–Crippen MR) is 138 cm³/mol. The lowest BCUT2D eigenvalue weighted by molar-refractivity contribution is 0.180. The zero-order valence-corrected chi connectivity index (χ0v) is 19.2. The van der Waals surface area contributed by atoms with Crippen LogP contribution in [0.3, 0.4) is 0 Å². The summed E-state index contributed by atoms with van der Waals surface area (Å²) in [5.41, 5.74) is 7.72. The maximum absolute atomic E-state index is 10.3. The normalized spacial score (nSPS) is 14.4. The second-order valence-corrected chi connectivity index (χ2v) is 9.12. The monoisotopic (exact) mass is 474 g/mol. The number of aromatic nitrogens is 7. The molecule has 1 unspecified atom stereocenters. The Morgan fingerprint density at radius 3 is 2.61 bits per heavy atom. The Kier molecular flexibility index (Phi) is 4.74. The first-order valence-corrected chi connectivity index (χ1v) is 11.9. The molecule has 0 amide bonds. The molecule has 176 valence electrons. The highest BCUT2D eigenvalue weighted by atomic mass is 16.3. The summed E-state index contributed by atoms with van der Waals surface area (Å²) in [7, 11) is 0. The molecule has 9 nitrogen and oxygen atoms in total. The quantitative estimate of drug-likeness (QED) is 0.256. The number of aliphatic hydroxyl groups is 1. The molecule has 6 aromatic heterocycles. The summed E-state index contributed by atoms with van der Waals surface area (Å²) >= 11 is 0. The second-order valence-electron chi connectivity index (χ2n) is 9.12. The molecule has 6 heterocycles. The third-order valence-corrected chi connectivity index (χ3v) is 6.60. The molecule has 4 N–H and O–H groups in total. The Morgan fingerprint density at radius 1 is 0.861 bits per heavy atom. The molecule has 1 aliphatic carbocycles. The maximum Gasteiger partial charge on any atom is 0.127 e. The Bertz CT molecular complexity index is 1700. The van der Waals surface area contributed by atoms with E-state index in [0.29, 0.717) is 5.92 Å². The van der Waals surface area contributed by atoms with Crippen LogP contribution in [0.15, 0.2) is 73.6 Å². The first kappa shape index (κ1) is 20.7. The van der Waals surface area contributed by atoms with Gasteiger partial charge in [0.15, 0.2) is 0 Å². The van der Waals surface area contributed by atoms with Gasteiger partial charge in [-0.3, -0.25) is 25.0 Å². The van der Waals surface area contributed by atoms with Crippen LogP contribution in [0.2, 0.25) is 0 Å². The smallest absolute Gasteiger partial charge is 0.127 e. The summed E-state index contributed by atoms with van der Waals surface area (Å²) < 4.78 is 0. The molecule has 9 heteroatoms. The van der Waals surface area contributed by atoms with Crippen LogP contribution in [0.4, 0.5) is 5.69 Å². The minimum absolute atomic E-state index is 0.321. The number of hydrogen-bond acceptors (Lipinski definition) is 7. The molecular weight excluding hydrogens is 452 g/mol. The van der Waals surface area contributed by atoms with Gasteiger partial charge in [0.25, 0.3) is 0 Å². The third-order valence-electron chi connectivity index (χ3n) is 6.60. The summed E-state index contributed by atoms with van der Waals surface area (Å²) in [5, 5.41) is 23.0. The van der Waals surface area contributed by atoms with Crippen molar-refractivity contribution in [1.82, 2.24) is 35.1 Å². The average molecular weight is 475 g/mol. The van der Waals surface area contributed by atoms with E-state index >= 15 is 0 Å². The number of nitrogens with zero attached hydrogens (tertiary/aromatic N) is 5. The number of aliphatic hydroxyl groups excluding tert-OH is 1. The average Bonchev–Trinajstić information content (AvgIpc) is 3.55. The minimum atomic E-state index is -0.550. The number of rotatable bonds is 6. The first-order valence-electron chi connectivity index (χ1n) is 11.9. The van der Waals surface area contributed by atoms with Gasteiger partial charge in [-0.2, -0.15) is 5.10 Å². The maximum atomic E-state index is 10.3. The summed E-state index contributed by atoms with van der Waals surface area (Å²) in [6.07, 6.45) is 12.2. The Hall–Kier alpha value is -4.63. The third kappa shape index (κ3) is 3.66. The Labute approximate surface area is 205 Å². The molecule has 0 aromatic carbocycles. The van der Waals surface area contributed by atoms with Crippen LogP contribution < -0.4 is 5.32 Å². The van der Waals surface area contributed by atoms with Gasteiger partial charge in [0.05, 0.1) is 40.7 Å². The predicted octanol–water partition coefficient (Wildman–Crippen LogP) is 4.77. The van der Waals surface area contributed by atoms with Crippen LogP contribution in [-0.4, -0.2) is 46.5 Å². The first-order chi connectivity index (χ1) is 17.7. The molecule has 1 saturated carbocycles. The van der Waals surface area contributed by atoms with E-state index in [1.165, 1.54) is 0 Å². The molecule has 7 rings (SSSR count). The molecule has 0 spiro atoms. The Morgan fingerprint density at radius 2 is 1.75 bits per heavy atom. The van der Waals surface area contributed by atoms with Crippen LogP contribution >= 0.6 is 0 Å². The standard InChI is InChI=1S/C27H22N8O/c36-27(15-3-4-15)32-18-8-17(12-29-13-18)22-9-20-24(14-31-22)34-35-26(20)23-10-19-21(33-23)5-7-30-25(19)16-2-1-6-28-11-16/h1-2,5-15,27,32-33,36H,3-4H2,(H,34,35). The van der Waals surface area contributed by atoms with Crippen LogP contribution in [0.25, 0.3) is 55.7 Å². The van der Waals surface area contributed by atoms with E-state index in [1.807, 2.05) is 36.5 Å². The van der Waals surface area contributed by atoms with Gasteiger partial charge in [-0.1, -0.05) is 0 Å². The van der Waals surface area contributed by atoms with Crippen molar-refractivity contribution in [3.05, 3.63) is 73.6 Å². The largest absolute Gasteiger partial charge is 0.374 e. The van der Waals surface area contributed by atoms with Gasteiger partial charge < -0.3 is 15.4 Å². The van der Waals surface area contributed by atoms with Gasteiger partial charge in [-0.05, 0) is 49.2 Å². The van der Waals surface area contributed by atoms with E-state index in [9.17, 15) is 5.11 Å². The summed E-state index contributed by atoms with van der Waals surface area (Å²) in [6.45, 7) is 0. The van der Waals surface area contributed by atoms with E-state index in [2.05, 4.69) is 46.5 Å². The highest BCUT2D eigenvalue weighted by molar-refractivity contribution is 6.00. The van der Waals surface area contributed by atoms with Crippen molar-refractivity contribution in [2.24, 2.45) is 5.92 Å². The summed E-state index contributed by atoms with van der Waals surface area (Å²) in [5.74, 6) is 0.321. The van der Waals surface area contributed by atoms with E-state index < -0.39 is 6.23 Å².